The van der Waals surface area contributed by atoms with Crippen LogP contribution in [0.1, 0.15) is 70.8 Å². The van der Waals surface area contributed by atoms with Gasteiger partial charge in [-0.2, -0.15) is 0 Å². The Kier molecular flexibility index (Phi) is 7.41. The summed E-state index contributed by atoms with van der Waals surface area (Å²) in [6.45, 7) is 7.55. The molecule has 1 aromatic carbocycles. The van der Waals surface area contributed by atoms with E-state index >= 15 is 0 Å². The maximum absolute atomic E-state index is 6.38. The van der Waals surface area contributed by atoms with E-state index in [0.717, 1.165) is 25.4 Å². The molecule has 0 amide bonds. The summed E-state index contributed by atoms with van der Waals surface area (Å²) >= 11 is 0. The van der Waals surface area contributed by atoms with Gasteiger partial charge in [-0.25, -0.2) is 0 Å². The fraction of sp³-hybridized carbons (Fsp3) is 0.700. The minimum atomic E-state index is -0.118. The molecule has 2 atom stereocenters. The molecule has 1 aromatic rings. The molecule has 2 nitrogen and oxygen atoms in total. The Bertz CT molecular complexity index is 395. The predicted molar refractivity (Wildman–Crippen MR) is 92.0 cm³/mol. The fourth-order valence-corrected chi connectivity index (χ4v) is 3.11. The normalized spacial score (nSPS) is 24.9. The summed E-state index contributed by atoms with van der Waals surface area (Å²) in [6, 6.07) is 10.6. The van der Waals surface area contributed by atoms with Crippen LogP contribution in [0.5, 0.6) is 0 Å². The van der Waals surface area contributed by atoms with Crippen LogP contribution in [0.25, 0.3) is 0 Å². The Labute approximate surface area is 136 Å². The van der Waals surface area contributed by atoms with E-state index in [4.69, 9.17) is 9.47 Å². The van der Waals surface area contributed by atoms with Crippen molar-refractivity contribution in [1.29, 1.82) is 0 Å². The molecule has 1 aliphatic rings. The maximum Gasteiger partial charge on any atom is 0.164 e. The average molecular weight is 304 g/mol. The molecule has 0 N–H and O–H groups in total. The maximum atomic E-state index is 6.38. The van der Waals surface area contributed by atoms with Gasteiger partial charge in [0, 0.05) is 12.5 Å². The lowest BCUT2D eigenvalue weighted by Crippen LogP contribution is -2.32. The third kappa shape index (κ3) is 5.40. The van der Waals surface area contributed by atoms with E-state index in [0.29, 0.717) is 6.10 Å². The first-order valence-electron chi connectivity index (χ1n) is 9.02. The second kappa shape index (κ2) is 9.32. The van der Waals surface area contributed by atoms with E-state index in [2.05, 4.69) is 51.1 Å². The lowest BCUT2D eigenvalue weighted by molar-refractivity contribution is -0.188. The fourth-order valence-electron chi connectivity index (χ4n) is 3.11. The van der Waals surface area contributed by atoms with Crippen LogP contribution in [0.4, 0.5) is 0 Å². The van der Waals surface area contributed by atoms with E-state index in [1.165, 1.54) is 31.2 Å². The minimum absolute atomic E-state index is 0.118. The van der Waals surface area contributed by atoms with Crippen molar-refractivity contribution in [2.24, 2.45) is 5.92 Å². The first-order valence-corrected chi connectivity index (χ1v) is 9.02. The Hall–Kier alpha value is -0.860. The molecular weight excluding hydrogens is 272 g/mol. The van der Waals surface area contributed by atoms with Crippen LogP contribution in [0.2, 0.25) is 0 Å². The predicted octanol–water partition coefficient (Wildman–Crippen LogP) is 5.53. The molecule has 2 heteroatoms. The lowest BCUT2D eigenvalue weighted by Gasteiger charge is -2.32. The highest BCUT2D eigenvalue weighted by molar-refractivity contribution is 5.19. The molecule has 0 bridgehead atoms. The van der Waals surface area contributed by atoms with E-state index in [1.54, 1.807) is 0 Å². The molecule has 0 saturated heterocycles. The molecule has 1 saturated carbocycles. The summed E-state index contributed by atoms with van der Waals surface area (Å²) in [5.74, 6) is 1.13. The topological polar surface area (TPSA) is 18.5 Å². The van der Waals surface area contributed by atoms with E-state index in [9.17, 15) is 0 Å². The van der Waals surface area contributed by atoms with Crippen molar-refractivity contribution in [2.45, 2.75) is 77.6 Å². The monoisotopic (exact) mass is 304 g/mol. The summed E-state index contributed by atoms with van der Waals surface area (Å²) in [5.41, 5.74) is 1.30. The van der Waals surface area contributed by atoms with Gasteiger partial charge in [0.15, 0.2) is 6.29 Å². The Morgan fingerprint density at radius 2 is 1.77 bits per heavy atom. The van der Waals surface area contributed by atoms with Crippen LogP contribution in [0.3, 0.4) is 0 Å². The largest absolute Gasteiger partial charge is 0.352 e. The molecule has 124 valence electrons. The molecule has 22 heavy (non-hydrogen) atoms. The van der Waals surface area contributed by atoms with Crippen molar-refractivity contribution in [1.82, 2.24) is 0 Å². The molecule has 0 radical (unpaired) electrons. The minimum Gasteiger partial charge on any atom is -0.352 e. The van der Waals surface area contributed by atoms with E-state index < -0.39 is 0 Å². The average Bonchev–Trinajstić information content (AvgIpc) is 2.56. The highest BCUT2D eigenvalue weighted by atomic mass is 16.7. The number of hydrogen-bond acceptors (Lipinski definition) is 2. The zero-order valence-electron chi connectivity index (χ0n) is 14.5. The highest BCUT2D eigenvalue weighted by Gasteiger charge is 2.26. The highest BCUT2D eigenvalue weighted by Crippen LogP contribution is 2.30. The summed E-state index contributed by atoms with van der Waals surface area (Å²) in [4.78, 5) is 0. The molecule has 0 aliphatic heterocycles. The van der Waals surface area contributed by atoms with Crippen molar-refractivity contribution in [3.05, 3.63) is 35.9 Å². The second-order valence-electron chi connectivity index (χ2n) is 6.81. The second-order valence-corrected chi connectivity index (χ2v) is 6.81. The van der Waals surface area contributed by atoms with Gasteiger partial charge in [0.05, 0.1) is 6.10 Å². The van der Waals surface area contributed by atoms with Crippen molar-refractivity contribution < 1.29 is 9.47 Å². The van der Waals surface area contributed by atoms with Crippen LogP contribution in [-0.4, -0.2) is 19.0 Å². The Balaban J connectivity index is 1.95. The molecular formula is C20H32O2. The third-order valence-corrected chi connectivity index (χ3v) is 4.80. The van der Waals surface area contributed by atoms with Gasteiger partial charge in [0.25, 0.3) is 0 Å². The van der Waals surface area contributed by atoms with E-state index in [-0.39, 0.29) is 12.2 Å². The van der Waals surface area contributed by atoms with Crippen molar-refractivity contribution in [3.63, 3.8) is 0 Å². The summed E-state index contributed by atoms with van der Waals surface area (Å²) in [6.07, 6.45) is 7.43. The summed E-state index contributed by atoms with van der Waals surface area (Å²) in [5, 5.41) is 0. The van der Waals surface area contributed by atoms with Crippen molar-refractivity contribution in [3.8, 4) is 0 Å². The van der Waals surface area contributed by atoms with Crippen molar-refractivity contribution >= 4 is 0 Å². The van der Waals surface area contributed by atoms with Crippen molar-refractivity contribution in [2.75, 3.05) is 6.61 Å². The number of ether oxygens (including phenoxy) is 2. The first kappa shape index (κ1) is 17.5. The molecule has 1 fully saturated rings. The summed E-state index contributed by atoms with van der Waals surface area (Å²) in [7, 11) is 0. The van der Waals surface area contributed by atoms with Gasteiger partial charge in [-0.1, -0.05) is 57.5 Å². The number of benzene rings is 1. The molecule has 2 rings (SSSR count). The van der Waals surface area contributed by atoms with Crippen LogP contribution in [0, 0.1) is 5.92 Å². The number of rotatable bonds is 8. The first-order chi connectivity index (χ1) is 10.7. The molecule has 0 heterocycles. The van der Waals surface area contributed by atoms with Gasteiger partial charge < -0.3 is 9.47 Å². The van der Waals surface area contributed by atoms with Gasteiger partial charge in [-0.15, -0.1) is 0 Å². The van der Waals surface area contributed by atoms with Crippen LogP contribution in [-0.2, 0) is 9.47 Å². The molecule has 2 unspecified atom stereocenters. The Morgan fingerprint density at radius 1 is 1.09 bits per heavy atom. The third-order valence-electron chi connectivity index (χ3n) is 4.80. The van der Waals surface area contributed by atoms with Crippen LogP contribution in [0.15, 0.2) is 30.3 Å². The number of unbranched alkanes of at least 4 members (excludes halogenated alkanes) is 1. The number of hydrogen-bond donors (Lipinski definition) is 0. The standard InChI is InChI=1S/C20H32O2/c1-4-5-15-21-20(17(3)18-9-7-6-8-10-18)22-19-13-11-16(2)12-14-19/h6-10,16-17,19-20H,4-5,11-15H2,1-3H3. The quantitative estimate of drug-likeness (QED) is 0.464. The summed E-state index contributed by atoms with van der Waals surface area (Å²) < 4.78 is 12.5. The van der Waals surface area contributed by atoms with E-state index in [1.807, 2.05) is 0 Å². The van der Waals surface area contributed by atoms with Gasteiger partial charge in [-0.05, 0) is 43.6 Å². The smallest absolute Gasteiger partial charge is 0.164 e. The molecule has 0 spiro atoms. The lowest BCUT2D eigenvalue weighted by atomic mass is 9.89. The van der Waals surface area contributed by atoms with Gasteiger partial charge in [0.1, 0.15) is 0 Å². The van der Waals surface area contributed by atoms with Gasteiger partial charge in [-0.3, -0.25) is 0 Å². The van der Waals surface area contributed by atoms with Crippen LogP contribution < -0.4 is 0 Å². The molecule has 1 aliphatic carbocycles. The van der Waals surface area contributed by atoms with Crippen LogP contribution >= 0.6 is 0 Å². The molecule has 0 aromatic heterocycles. The SMILES string of the molecule is CCCCOC(OC1CCC(C)CC1)C(C)c1ccccc1. The zero-order valence-corrected chi connectivity index (χ0v) is 14.5. The van der Waals surface area contributed by atoms with Gasteiger partial charge >= 0.3 is 0 Å². The zero-order chi connectivity index (χ0) is 15.8. The Morgan fingerprint density at radius 3 is 2.41 bits per heavy atom. The van der Waals surface area contributed by atoms with Gasteiger partial charge in [0.2, 0.25) is 0 Å².